The number of fused-ring (bicyclic) bond motifs is 5. The maximum Gasteiger partial charge on any atom is 0.0788 e. The fourth-order valence-electron chi connectivity index (χ4n) is 8.87. The van der Waals surface area contributed by atoms with Gasteiger partial charge in [0.05, 0.1) is 18.3 Å². The van der Waals surface area contributed by atoms with Gasteiger partial charge in [0.1, 0.15) is 0 Å². The largest absolute Gasteiger partial charge is 0.393 e. The van der Waals surface area contributed by atoms with Gasteiger partial charge in [-0.15, -0.1) is 0 Å². The van der Waals surface area contributed by atoms with Gasteiger partial charge < -0.3 is 14.9 Å². The molecule has 184 valence electrons. The van der Waals surface area contributed by atoms with Crippen molar-refractivity contribution >= 4 is 0 Å². The summed E-state index contributed by atoms with van der Waals surface area (Å²) in [5, 5.41) is 21.5. The maximum atomic E-state index is 11.2. The van der Waals surface area contributed by atoms with Gasteiger partial charge in [-0.2, -0.15) is 0 Å². The number of rotatable bonds is 6. The lowest BCUT2D eigenvalue weighted by molar-refractivity contribution is -0.111. The summed E-state index contributed by atoms with van der Waals surface area (Å²) in [6.07, 6.45) is 11.1. The highest BCUT2D eigenvalue weighted by molar-refractivity contribution is 5.28. The van der Waals surface area contributed by atoms with Gasteiger partial charge in [0, 0.05) is 7.11 Å². The molecule has 3 nitrogen and oxygen atoms in total. The van der Waals surface area contributed by atoms with Gasteiger partial charge in [0.2, 0.25) is 0 Å². The molecule has 4 unspecified atom stereocenters. The van der Waals surface area contributed by atoms with Crippen molar-refractivity contribution < 1.29 is 14.9 Å². The topological polar surface area (TPSA) is 49.7 Å². The Morgan fingerprint density at radius 2 is 1.75 bits per heavy atom. The second-order valence-electron chi connectivity index (χ2n) is 13.1. The molecule has 4 aliphatic rings. The molecule has 3 saturated carbocycles. The summed E-state index contributed by atoms with van der Waals surface area (Å²) in [5.74, 6) is 4.07. The highest BCUT2D eigenvalue weighted by Gasteiger charge is 2.61. The molecular formula is C29H50O3. The Balaban J connectivity index is 1.58. The molecule has 4 aliphatic carbocycles. The molecule has 0 aromatic heterocycles. The van der Waals surface area contributed by atoms with E-state index in [-0.39, 0.29) is 23.7 Å². The van der Waals surface area contributed by atoms with E-state index in [9.17, 15) is 10.2 Å². The molecule has 3 fully saturated rings. The monoisotopic (exact) mass is 446 g/mol. The molecule has 0 aromatic rings. The van der Waals surface area contributed by atoms with Crippen LogP contribution in [0.2, 0.25) is 0 Å². The lowest BCUT2D eigenvalue weighted by atomic mass is 9.46. The smallest absolute Gasteiger partial charge is 0.0788 e. The van der Waals surface area contributed by atoms with Crippen molar-refractivity contribution in [3.05, 3.63) is 11.6 Å². The standard InChI is InChI=1S/C29H50O3/c1-17(2)18(3)14-25(31)19(4)22-8-9-23-27-24(11-13-29(22,23)6)28(5)12-10-21(30)15-20(28)16-26(27)32-7/h16-19,21-27,30-31H,8-15H2,1-7H3/t18-,19-,21-,22?,23?,24?,25+,26-,27?,28-,29+/m0/s1. The SMILES string of the molecule is CO[C@H]1C=C2C[C@@H](O)CC[C@]2(C)C2CC[C@@]3(C)C(CCC3[C@H](C)[C@H](O)C[C@H](C)C(C)C)C21. The number of hydrogen-bond donors (Lipinski definition) is 2. The maximum absolute atomic E-state index is 11.2. The Morgan fingerprint density at radius 1 is 1.03 bits per heavy atom. The molecule has 2 N–H and O–H groups in total. The van der Waals surface area contributed by atoms with Crippen LogP contribution in [0.5, 0.6) is 0 Å². The summed E-state index contributed by atoms with van der Waals surface area (Å²) in [5.41, 5.74) is 2.00. The Morgan fingerprint density at radius 3 is 2.41 bits per heavy atom. The minimum absolute atomic E-state index is 0.177. The highest BCUT2D eigenvalue weighted by atomic mass is 16.5. The molecule has 0 aromatic carbocycles. The van der Waals surface area contributed by atoms with Crippen molar-refractivity contribution in [1.29, 1.82) is 0 Å². The third kappa shape index (κ3) is 3.93. The van der Waals surface area contributed by atoms with Gasteiger partial charge in [-0.05, 0) is 104 Å². The molecule has 32 heavy (non-hydrogen) atoms. The third-order valence-electron chi connectivity index (χ3n) is 11.4. The zero-order chi connectivity index (χ0) is 23.4. The summed E-state index contributed by atoms with van der Waals surface area (Å²) >= 11 is 0. The van der Waals surface area contributed by atoms with E-state index >= 15 is 0 Å². The molecule has 0 bridgehead atoms. The summed E-state index contributed by atoms with van der Waals surface area (Å²) < 4.78 is 6.16. The molecule has 3 heteroatoms. The molecule has 4 rings (SSSR count). The van der Waals surface area contributed by atoms with E-state index in [1.807, 2.05) is 7.11 Å². The normalized spacial score (nSPS) is 46.6. The van der Waals surface area contributed by atoms with E-state index in [2.05, 4.69) is 47.6 Å². The van der Waals surface area contributed by atoms with Gasteiger partial charge in [0.15, 0.2) is 0 Å². The van der Waals surface area contributed by atoms with Crippen molar-refractivity contribution in [2.24, 2.45) is 52.3 Å². The summed E-state index contributed by atoms with van der Waals surface area (Å²) in [6, 6.07) is 0. The van der Waals surface area contributed by atoms with E-state index in [4.69, 9.17) is 4.74 Å². The van der Waals surface area contributed by atoms with E-state index in [1.165, 1.54) is 31.3 Å². The van der Waals surface area contributed by atoms with Crippen molar-refractivity contribution in [2.75, 3.05) is 7.11 Å². The predicted octanol–water partition coefficient (Wildman–Crippen LogP) is 6.23. The first kappa shape index (κ1) is 24.7. The van der Waals surface area contributed by atoms with Crippen molar-refractivity contribution in [3.63, 3.8) is 0 Å². The van der Waals surface area contributed by atoms with Gasteiger partial charge in [0.25, 0.3) is 0 Å². The van der Waals surface area contributed by atoms with Crippen molar-refractivity contribution in [3.8, 4) is 0 Å². The summed E-state index contributed by atoms with van der Waals surface area (Å²) in [7, 11) is 1.89. The highest BCUT2D eigenvalue weighted by Crippen LogP contribution is 2.67. The van der Waals surface area contributed by atoms with Crippen LogP contribution in [-0.2, 0) is 4.74 Å². The van der Waals surface area contributed by atoms with Crippen LogP contribution in [0.4, 0.5) is 0 Å². The second kappa shape index (κ2) is 9.00. The van der Waals surface area contributed by atoms with E-state index in [0.717, 1.165) is 25.7 Å². The summed E-state index contributed by atoms with van der Waals surface area (Å²) in [6.45, 7) is 14.2. The van der Waals surface area contributed by atoms with Crippen LogP contribution in [-0.4, -0.2) is 35.6 Å². The number of hydrogen-bond acceptors (Lipinski definition) is 3. The van der Waals surface area contributed by atoms with Crippen LogP contribution in [0.15, 0.2) is 11.6 Å². The third-order valence-corrected chi connectivity index (χ3v) is 11.4. The average molecular weight is 447 g/mol. The molecular weight excluding hydrogens is 396 g/mol. The van der Waals surface area contributed by atoms with Gasteiger partial charge in [-0.3, -0.25) is 0 Å². The fourth-order valence-corrected chi connectivity index (χ4v) is 8.87. The van der Waals surface area contributed by atoms with Gasteiger partial charge >= 0.3 is 0 Å². The molecule has 11 atom stereocenters. The number of methoxy groups -OCH3 is 1. The zero-order valence-corrected chi connectivity index (χ0v) is 21.8. The Bertz CT molecular complexity index is 701. The van der Waals surface area contributed by atoms with E-state index in [0.29, 0.717) is 46.8 Å². The molecule has 0 radical (unpaired) electrons. The van der Waals surface area contributed by atoms with E-state index in [1.54, 1.807) is 0 Å². The van der Waals surface area contributed by atoms with Crippen LogP contribution in [0.25, 0.3) is 0 Å². The quantitative estimate of drug-likeness (QED) is 0.475. The summed E-state index contributed by atoms with van der Waals surface area (Å²) in [4.78, 5) is 0. The zero-order valence-electron chi connectivity index (χ0n) is 21.8. The molecule has 0 aliphatic heterocycles. The predicted molar refractivity (Wildman–Crippen MR) is 131 cm³/mol. The minimum Gasteiger partial charge on any atom is -0.393 e. The Kier molecular flexibility index (Phi) is 6.96. The van der Waals surface area contributed by atoms with Crippen LogP contribution in [0.1, 0.15) is 92.9 Å². The second-order valence-corrected chi connectivity index (χ2v) is 13.1. The first-order valence-electron chi connectivity index (χ1n) is 13.6. The number of ether oxygens (including phenoxy) is 1. The van der Waals surface area contributed by atoms with Crippen LogP contribution in [0.3, 0.4) is 0 Å². The van der Waals surface area contributed by atoms with Gasteiger partial charge in [-0.25, -0.2) is 0 Å². The first-order chi connectivity index (χ1) is 15.0. The lowest BCUT2D eigenvalue weighted by Crippen LogP contribution is -2.55. The molecule has 0 heterocycles. The Labute approximate surface area is 197 Å². The number of aliphatic hydroxyl groups excluding tert-OH is 2. The fraction of sp³-hybridized carbons (Fsp3) is 0.931. The molecule has 0 spiro atoms. The average Bonchev–Trinajstić information content (AvgIpc) is 3.10. The first-order valence-corrected chi connectivity index (χ1v) is 13.6. The van der Waals surface area contributed by atoms with Crippen molar-refractivity contribution in [2.45, 2.75) is 111 Å². The van der Waals surface area contributed by atoms with E-state index < -0.39 is 0 Å². The van der Waals surface area contributed by atoms with Crippen LogP contribution in [0, 0.1) is 52.3 Å². The number of aliphatic hydroxyl groups is 2. The van der Waals surface area contributed by atoms with Crippen LogP contribution >= 0.6 is 0 Å². The van der Waals surface area contributed by atoms with Crippen LogP contribution < -0.4 is 0 Å². The van der Waals surface area contributed by atoms with Gasteiger partial charge in [-0.1, -0.05) is 53.2 Å². The van der Waals surface area contributed by atoms with Crippen molar-refractivity contribution in [1.82, 2.24) is 0 Å². The minimum atomic E-state index is -0.195. The Hall–Kier alpha value is -0.380. The molecule has 0 amide bonds. The lowest BCUT2D eigenvalue weighted by Gasteiger charge is -2.60. The molecule has 0 saturated heterocycles.